The molecular formula is C16H34. The Hall–Kier alpha value is 0. The smallest absolute Gasteiger partial charge is 0.0363 e. The first-order chi connectivity index (χ1) is 7.52. The molecule has 0 amide bonds. The van der Waals surface area contributed by atoms with Crippen molar-refractivity contribution >= 4 is 0 Å². The summed E-state index contributed by atoms with van der Waals surface area (Å²) >= 11 is 0. The maximum Gasteiger partial charge on any atom is -0.0363 e. The minimum Gasteiger partial charge on any atom is -0.0654 e. The second kappa shape index (κ2) is 9.07. The van der Waals surface area contributed by atoms with Crippen LogP contribution in [0, 0.1) is 23.7 Å². The molecule has 0 saturated heterocycles. The van der Waals surface area contributed by atoms with Crippen molar-refractivity contribution in [2.75, 3.05) is 0 Å². The van der Waals surface area contributed by atoms with Crippen LogP contribution < -0.4 is 0 Å². The van der Waals surface area contributed by atoms with Crippen molar-refractivity contribution < 1.29 is 0 Å². The second-order valence-corrected chi connectivity index (χ2v) is 6.14. The molecule has 0 fully saturated rings. The van der Waals surface area contributed by atoms with E-state index in [1.807, 2.05) is 0 Å². The van der Waals surface area contributed by atoms with Crippen LogP contribution in [0.1, 0.15) is 80.1 Å². The zero-order valence-electron chi connectivity index (χ0n) is 12.6. The highest BCUT2D eigenvalue weighted by atomic mass is 14.3. The largest absolute Gasteiger partial charge is 0.0654 e. The van der Waals surface area contributed by atoms with Crippen LogP contribution >= 0.6 is 0 Å². The average molecular weight is 226 g/mol. The van der Waals surface area contributed by atoms with E-state index < -0.39 is 0 Å². The Kier molecular flexibility index (Phi) is 9.07. The number of hydrogen-bond acceptors (Lipinski definition) is 0. The molecule has 16 heavy (non-hydrogen) atoms. The molecule has 0 radical (unpaired) electrons. The number of hydrogen-bond donors (Lipinski definition) is 0. The van der Waals surface area contributed by atoms with Crippen LogP contribution in [-0.4, -0.2) is 0 Å². The third kappa shape index (κ3) is 6.55. The van der Waals surface area contributed by atoms with E-state index in [-0.39, 0.29) is 0 Å². The maximum absolute atomic E-state index is 2.48. The SMILES string of the molecule is CCCCC(C(C)CC)C(C)CCC(C)C. The minimum atomic E-state index is 0.867. The van der Waals surface area contributed by atoms with Gasteiger partial charge in [-0.05, 0) is 30.1 Å². The predicted molar refractivity (Wildman–Crippen MR) is 75.7 cm³/mol. The van der Waals surface area contributed by atoms with Crippen molar-refractivity contribution in [1.82, 2.24) is 0 Å². The van der Waals surface area contributed by atoms with Crippen LogP contribution in [0.15, 0.2) is 0 Å². The Morgan fingerprint density at radius 2 is 1.38 bits per heavy atom. The molecule has 0 aliphatic carbocycles. The lowest BCUT2D eigenvalue weighted by Gasteiger charge is -2.29. The first-order valence-corrected chi connectivity index (χ1v) is 7.52. The molecule has 3 unspecified atom stereocenters. The second-order valence-electron chi connectivity index (χ2n) is 6.14. The van der Waals surface area contributed by atoms with Gasteiger partial charge in [-0.3, -0.25) is 0 Å². The van der Waals surface area contributed by atoms with Gasteiger partial charge in [0, 0.05) is 0 Å². The molecule has 0 aliphatic heterocycles. The van der Waals surface area contributed by atoms with Gasteiger partial charge < -0.3 is 0 Å². The van der Waals surface area contributed by atoms with E-state index in [1.165, 1.54) is 38.5 Å². The lowest BCUT2D eigenvalue weighted by Crippen LogP contribution is -2.20. The molecule has 0 heteroatoms. The third-order valence-electron chi connectivity index (χ3n) is 4.20. The predicted octanol–water partition coefficient (Wildman–Crippen LogP) is 5.91. The first-order valence-electron chi connectivity index (χ1n) is 7.52. The van der Waals surface area contributed by atoms with Crippen LogP contribution in [0.5, 0.6) is 0 Å². The fraction of sp³-hybridized carbons (Fsp3) is 1.00. The van der Waals surface area contributed by atoms with Crippen molar-refractivity contribution in [3.8, 4) is 0 Å². The highest BCUT2D eigenvalue weighted by Crippen LogP contribution is 2.32. The van der Waals surface area contributed by atoms with E-state index >= 15 is 0 Å². The van der Waals surface area contributed by atoms with Crippen LogP contribution in [0.4, 0.5) is 0 Å². The Bertz CT molecular complexity index is 148. The van der Waals surface area contributed by atoms with Crippen LogP contribution in [-0.2, 0) is 0 Å². The zero-order valence-corrected chi connectivity index (χ0v) is 12.6. The number of rotatable bonds is 9. The monoisotopic (exact) mass is 226 g/mol. The zero-order chi connectivity index (χ0) is 12.6. The van der Waals surface area contributed by atoms with Crippen molar-refractivity contribution in [2.24, 2.45) is 23.7 Å². The lowest BCUT2D eigenvalue weighted by molar-refractivity contribution is 0.210. The van der Waals surface area contributed by atoms with E-state index in [0.717, 1.165) is 23.7 Å². The molecule has 0 N–H and O–H groups in total. The molecule has 0 spiro atoms. The van der Waals surface area contributed by atoms with E-state index in [4.69, 9.17) is 0 Å². The fourth-order valence-electron chi connectivity index (χ4n) is 2.68. The Balaban J connectivity index is 4.14. The quantitative estimate of drug-likeness (QED) is 0.458. The summed E-state index contributed by atoms with van der Waals surface area (Å²) < 4.78 is 0. The van der Waals surface area contributed by atoms with Gasteiger partial charge in [0.1, 0.15) is 0 Å². The van der Waals surface area contributed by atoms with Gasteiger partial charge in [0.15, 0.2) is 0 Å². The molecule has 0 aromatic rings. The molecule has 0 bridgehead atoms. The van der Waals surface area contributed by atoms with Gasteiger partial charge in [-0.1, -0.05) is 73.6 Å². The summed E-state index contributed by atoms with van der Waals surface area (Å²) in [6.07, 6.45) is 8.40. The van der Waals surface area contributed by atoms with E-state index in [1.54, 1.807) is 0 Å². The molecule has 0 saturated carbocycles. The van der Waals surface area contributed by atoms with Crippen LogP contribution in [0.2, 0.25) is 0 Å². The molecule has 3 atom stereocenters. The third-order valence-corrected chi connectivity index (χ3v) is 4.20. The standard InChI is InChI=1S/C16H34/c1-7-9-10-16(14(5)8-2)15(6)12-11-13(3)4/h13-16H,7-12H2,1-6H3. The summed E-state index contributed by atoms with van der Waals surface area (Å²) in [6.45, 7) is 14.3. The summed E-state index contributed by atoms with van der Waals surface area (Å²) in [5.74, 6) is 3.66. The summed E-state index contributed by atoms with van der Waals surface area (Å²) in [7, 11) is 0. The van der Waals surface area contributed by atoms with Gasteiger partial charge in [-0.15, -0.1) is 0 Å². The Labute approximate surface area is 104 Å². The average Bonchev–Trinajstić information content (AvgIpc) is 2.26. The van der Waals surface area contributed by atoms with E-state index in [0.29, 0.717) is 0 Å². The van der Waals surface area contributed by atoms with Gasteiger partial charge in [-0.2, -0.15) is 0 Å². The highest BCUT2D eigenvalue weighted by molar-refractivity contribution is 4.72. The lowest BCUT2D eigenvalue weighted by atomic mass is 9.76. The topological polar surface area (TPSA) is 0 Å². The van der Waals surface area contributed by atoms with Crippen molar-refractivity contribution in [3.05, 3.63) is 0 Å². The van der Waals surface area contributed by atoms with Crippen molar-refractivity contribution in [3.63, 3.8) is 0 Å². The van der Waals surface area contributed by atoms with Gasteiger partial charge in [0.05, 0.1) is 0 Å². The van der Waals surface area contributed by atoms with Gasteiger partial charge in [0.2, 0.25) is 0 Å². The summed E-state index contributed by atoms with van der Waals surface area (Å²) in [5.41, 5.74) is 0. The molecule has 0 aromatic carbocycles. The molecule has 0 nitrogen and oxygen atoms in total. The fourth-order valence-corrected chi connectivity index (χ4v) is 2.68. The molecule has 0 heterocycles. The molecule has 0 aliphatic rings. The summed E-state index contributed by atoms with van der Waals surface area (Å²) in [5, 5.41) is 0. The Morgan fingerprint density at radius 1 is 0.750 bits per heavy atom. The number of unbranched alkanes of at least 4 members (excludes halogenated alkanes) is 1. The molecular weight excluding hydrogens is 192 g/mol. The van der Waals surface area contributed by atoms with Crippen molar-refractivity contribution in [2.45, 2.75) is 80.1 Å². The van der Waals surface area contributed by atoms with Crippen molar-refractivity contribution in [1.29, 1.82) is 0 Å². The van der Waals surface area contributed by atoms with E-state index in [9.17, 15) is 0 Å². The molecule has 0 aromatic heterocycles. The molecule has 98 valence electrons. The van der Waals surface area contributed by atoms with Crippen LogP contribution in [0.25, 0.3) is 0 Å². The van der Waals surface area contributed by atoms with Crippen LogP contribution in [0.3, 0.4) is 0 Å². The Morgan fingerprint density at radius 3 is 1.81 bits per heavy atom. The van der Waals surface area contributed by atoms with Gasteiger partial charge in [0.25, 0.3) is 0 Å². The normalized spacial score (nSPS) is 17.4. The summed E-state index contributed by atoms with van der Waals surface area (Å²) in [6, 6.07) is 0. The maximum atomic E-state index is 2.48. The highest BCUT2D eigenvalue weighted by Gasteiger charge is 2.21. The van der Waals surface area contributed by atoms with Gasteiger partial charge in [-0.25, -0.2) is 0 Å². The van der Waals surface area contributed by atoms with E-state index in [2.05, 4.69) is 41.5 Å². The van der Waals surface area contributed by atoms with Gasteiger partial charge >= 0.3 is 0 Å². The summed E-state index contributed by atoms with van der Waals surface area (Å²) in [4.78, 5) is 0. The molecule has 0 rings (SSSR count). The minimum absolute atomic E-state index is 0.867. The first kappa shape index (κ1) is 16.0.